The van der Waals surface area contributed by atoms with E-state index >= 15 is 0 Å². The Labute approximate surface area is 176 Å². The Bertz CT molecular complexity index is 933. The average molecular weight is 420 g/mol. The molecule has 0 aliphatic heterocycles. The average Bonchev–Trinajstić information content (AvgIpc) is 3.43. The maximum Gasteiger partial charge on any atom is 0.399 e. The number of fused-ring (bicyclic) bond motifs is 1. The van der Waals surface area contributed by atoms with E-state index < -0.39 is 11.6 Å². The Morgan fingerprint density at radius 2 is 2.07 bits per heavy atom. The number of aryl methyl sites for hydroxylation is 1. The van der Waals surface area contributed by atoms with Gasteiger partial charge in [-0.1, -0.05) is 38.7 Å². The first kappa shape index (κ1) is 21.4. The summed E-state index contributed by atoms with van der Waals surface area (Å²) in [5.74, 6) is 1.73. The Balaban J connectivity index is 1.51. The molecule has 2 saturated carbocycles. The van der Waals surface area contributed by atoms with E-state index in [4.69, 9.17) is 4.98 Å². The molecule has 6 heteroatoms. The topological polar surface area (TPSA) is 30.7 Å². The van der Waals surface area contributed by atoms with Crippen LogP contribution in [0.5, 0.6) is 0 Å². The van der Waals surface area contributed by atoms with Crippen molar-refractivity contribution in [1.29, 1.82) is 0 Å². The van der Waals surface area contributed by atoms with Crippen molar-refractivity contribution in [2.75, 3.05) is 0 Å². The van der Waals surface area contributed by atoms with Gasteiger partial charge in [-0.2, -0.15) is 13.2 Å². The van der Waals surface area contributed by atoms with E-state index in [1.165, 1.54) is 32.1 Å². The van der Waals surface area contributed by atoms with Crippen LogP contribution in [0.2, 0.25) is 0 Å². The number of halogens is 3. The second-order valence-electron chi connectivity index (χ2n) is 9.20. The van der Waals surface area contributed by atoms with Crippen LogP contribution < -0.4 is 0 Å². The summed E-state index contributed by atoms with van der Waals surface area (Å²) in [6.45, 7) is 4.29. The highest BCUT2D eigenvalue weighted by molar-refractivity contribution is 5.76. The molecule has 30 heavy (non-hydrogen) atoms. The molecular formula is C24H32F3N3. The van der Waals surface area contributed by atoms with Crippen LogP contribution in [0.15, 0.2) is 18.3 Å². The lowest BCUT2D eigenvalue weighted by atomic mass is 9.73. The maximum atomic E-state index is 13.6. The van der Waals surface area contributed by atoms with Gasteiger partial charge in [0.05, 0.1) is 11.9 Å². The number of hydrogen-bond acceptors (Lipinski definition) is 2. The fourth-order valence-electron chi connectivity index (χ4n) is 5.16. The largest absolute Gasteiger partial charge is 0.399 e. The normalized spacial score (nSPS) is 20.4. The lowest BCUT2D eigenvalue weighted by molar-refractivity contribution is -0.162. The monoisotopic (exact) mass is 419 g/mol. The molecule has 1 unspecified atom stereocenters. The first-order valence-corrected chi connectivity index (χ1v) is 11.4. The molecule has 2 aromatic heterocycles. The molecule has 0 aromatic carbocycles. The summed E-state index contributed by atoms with van der Waals surface area (Å²) < 4.78 is 42.4. The van der Waals surface area contributed by atoms with Crippen molar-refractivity contribution >= 4 is 16.7 Å². The van der Waals surface area contributed by atoms with Gasteiger partial charge in [0, 0.05) is 12.7 Å². The first-order valence-electron chi connectivity index (χ1n) is 11.4. The van der Waals surface area contributed by atoms with Crippen LogP contribution in [0.25, 0.3) is 16.7 Å². The predicted molar refractivity (Wildman–Crippen MR) is 114 cm³/mol. The summed E-state index contributed by atoms with van der Waals surface area (Å²) >= 11 is 0. The third kappa shape index (κ3) is 3.67. The molecule has 164 valence electrons. The zero-order chi connectivity index (χ0) is 21.5. The Hall–Kier alpha value is -1.85. The minimum absolute atomic E-state index is 0.146. The number of nitrogens with zero attached hydrogens (tertiary/aromatic N) is 3. The van der Waals surface area contributed by atoms with Crippen LogP contribution in [0, 0.1) is 11.8 Å². The fraction of sp³-hybridized carbons (Fsp3) is 0.667. The van der Waals surface area contributed by atoms with E-state index in [0.29, 0.717) is 11.2 Å². The number of allylic oxidation sites excluding steroid dienone is 2. The van der Waals surface area contributed by atoms with Crippen molar-refractivity contribution in [3.8, 4) is 0 Å². The Morgan fingerprint density at radius 1 is 1.33 bits per heavy atom. The summed E-state index contributed by atoms with van der Waals surface area (Å²) in [6, 6.07) is 1.58. The molecule has 0 saturated heterocycles. The molecule has 0 radical (unpaired) electrons. The summed E-state index contributed by atoms with van der Waals surface area (Å²) in [7, 11) is 1.68. The molecule has 0 amide bonds. The van der Waals surface area contributed by atoms with Crippen LogP contribution in [0.4, 0.5) is 13.2 Å². The van der Waals surface area contributed by atoms with Gasteiger partial charge in [-0.15, -0.1) is 0 Å². The lowest BCUT2D eigenvalue weighted by Gasteiger charge is -2.33. The number of rotatable bonds is 8. The quantitative estimate of drug-likeness (QED) is 0.463. The zero-order valence-electron chi connectivity index (χ0n) is 18.2. The highest BCUT2D eigenvalue weighted by atomic mass is 19.4. The minimum Gasteiger partial charge on any atom is -0.330 e. The fourth-order valence-corrected chi connectivity index (χ4v) is 5.16. The third-order valence-electron chi connectivity index (χ3n) is 7.56. The summed E-state index contributed by atoms with van der Waals surface area (Å²) in [6.07, 6.45) is 8.52. The third-order valence-corrected chi connectivity index (χ3v) is 7.56. The number of hydrogen-bond donors (Lipinski definition) is 0. The molecule has 2 aliphatic rings. The Kier molecular flexibility index (Phi) is 5.71. The molecule has 1 atom stereocenters. The van der Waals surface area contributed by atoms with Crippen molar-refractivity contribution in [1.82, 2.24) is 14.5 Å². The second kappa shape index (κ2) is 8.01. The van der Waals surface area contributed by atoms with Gasteiger partial charge in [0.2, 0.25) is 0 Å². The Morgan fingerprint density at radius 3 is 2.60 bits per heavy atom. The molecule has 2 aliphatic carbocycles. The summed E-state index contributed by atoms with van der Waals surface area (Å²) in [5.41, 5.74) is 1.57. The first-order chi connectivity index (χ1) is 14.3. The van der Waals surface area contributed by atoms with Gasteiger partial charge >= 0.3 is 6.18 Å². The highest BCUT2D eigenvalue weighted by Crippen LogP contribution is 2.59. The smallest absolute Gasteiger partial charge is 0.330 e. The molecule has 3 nitrogen and oxygen atoms in total. The van der Waals surface area contributed by atoms with E-state index in [1.54, 1.807) is 23.9 Å². The van der Waals surface area contributed by atoms with Crippen molar-refractivity contribution in [2.45, 2.75) is 83.2 Å². The molecule has 2 aromatic rings. The molecule has 2 heterocycles. The molecular weight excluding hydrogens is 387 g/mol. The van der Waals surface area contributed by atoms with Gasteiger partial charge in [0.1, 0.15) is 10.9 Å². The molecule has 2 fully saturated rings. The van der Waals surface area contributed by atoms with Crippen LogP contribution >= 0.6 is 0 Å². The van der Waals surface area contributed by atoms with Gasteiger partial charge in [-0.3, -0.25) is 4.98 Å². The van der Waals surface area contributed by atoms with Gasteiger partial charge < -0.3 is 4.57 Å². The van der Waals surface area contributed by atoms with Crippen molar-refractivity contribution in [3.63, 3.8) is 0 Å². The van der Waals surface area contributed by atoms with E-state index in [0.717, 1.165) is 35.9 Å². The molecule has 0 N–H and O–H groups in total. The van der Waals surface area contributed by atoms with Gasteiger partial charge in [-0.05, 0) is 62.5 Å². The molecule has 0 spiro atoms. The van der Waals surface area contributed by atoms with E-state index in [-0.39, 0.29) is 18.5 Å². The summed E-state index contributed by atoms with van der Waals surface area (Å²) in [4.78, 5) is 9.21. The van der Waals surface area contributed by atoms with Gasteiger partial charge in [0.25, 0.3) is 0 Å². The summed E-state index contributed by atoms with van der Waals surface area (Å²) in [5, 5.41) is 0. The van der Waals surface area contributed by atoms with Gasteiger partial charge in [-0.25, -0.2) is 4.98 Å². The van der Waals surface area contributed by atoms with E-state index in [2.05, 4.69) is 18.0 Å². The SMILES string of the molecule is C/C=C(\CCCC(CC)C1CCC1)c1cnc2cc(C3(C(F)(F)F)CC3)n(C)c2n1. The van der Waals surface area contributed by atoms with Crippen LogP contribution in [-0.4, -0.2) is 20.7 Å². The van der Waals surface area contributed by atoms with Crippen molar-refractivity contribution in [3.05, 3.63) is 29.7 Å². The zero-order valence-corrected chi connectivity index (χ0v) is 18.2. The number of aromatic nitrogens is 3. The van der Waals surface area contributed by atoms with E-state index in [1.807, 2.05) is 6.92 Å². The van der Waals surface area contributed by atoms with Crippen LogP contribution in [0.1, 0.15) is 83.0 Å². The van der Waals surface area contributed by atoms with Crippen molar-refractivity contribution < 1.29 is 13.2 Å². The minimum atomic E-state index is -4.23. The predicted octanol–water partition coefficient (Wildman–Crippen LogP) is 6.96. The second-order valence-corrected chi connectivity index (χ2v) is 9.20. The van der Waals surface area contributed by atoms with Crippen LogP contribution in [0.3, 0.4) is 0 Å². The standard InChI is InChI=1S/C24H32F3N3/c1-4-16(18-10-7-11-18)8-6-9-17(5-2)20-15-28-19-14-21(30(3)22(19)29-20)23(12-13-23)24(25,26)27/h5,14-16,18H,4,6-13H2,1-3H3/b17-5+. The lowest BCUT2D eigenvalue weighted by Crippen LogP contribution is -2.30. The van der Waals surface area contributed by atoms with Gasteiger partial charge in [0.15, 0.2) is 5.65 Å². The maximum absolute atomic E-state index is 13.6. The number of alkyl halides is 3. The highest BCUT2D eigenvalue weighted by Gasteiger charge is 2.65. The molecule has 0 bridgehead atoms. The molecule has 4 rings (SSSR count). The van der Waals surface area contributed by atoms with Crippen molar-refractivity contribution in [2.24, 2.45) is 18.9 Å². The van der Waals surface area contributed by atoms with E-state index in [9.17, 15) is 13.2 Å². The van der Waals surface area contributed by atoms with Crippen LogP contribution in [-0.2, 0) is 12.5 Å².